The van der Waals surface area contributed by atoms with Crippen molar-refractivity contribution in [3.05, 3.63) is 0 Å². The van der Waals surface area contributed by atoms with Crippen LogP contribution in [0.25, 0.3) is 0 Å². The van der Waals surface area contributed by atoms with E-state index in [9.17, 15) is 133 Å². The second-order valence-electron chi connectivity index (χ2n) is 22.4. The zero-order valence-corrected chi connectivity index (χ0v) is 46.7. The van der Waals surface area contributed by atoms with Gasteiger partial charge in [-0.25, -0.2) is 0 Å². The molecule has 7 heterocycles. The van der Waals surface area contributed by atoms with Gasteiger partial charge in [0.05, 0.1) is 59.5 Å². The van der Waals surface area contributed by atoms with E-state index in [1.807, 2.05) is 0 Å². The topological polar surface area (TPSA) is 675 Å². The van der Waals surface area contributed by atoms with Crippen molar-refractivity contribution in [1.29, 1.82) is 0 Å². The summed E-state index contributed by atoms with van der Waals surface area (Å²) in [7, 11) is 0. The first-order valence-corrected chi connectivity index (χ1v) is 28.1. The smallest absolute Gasteiger partial charge is 0.186 e. The number of rotatable bonds is 26. The summed E-state index contributed by atoms with van der Waals surface area (Å²) in [5.74, 6) is 0. The molecule has 0 spiro atoms. The second-order valence-corrected chi connectivity index (χ2v) is 22.4. The van der Waals surface area contributed by atoms with Crippen LogP contribution in [-0.2, 0) is 66.3 Å². The van der Waals surface area contributed by atoms with Crippen LogP contribution in [0.4, 0.5) is 0 Å². The first-order valence-electron chi connectivity index (χ1n) is 28.1. The Bertz CT molecular complexity index is 2080. The summed E-state index contributed by atoms with van der Waals surface area (Å²) in [6.07, 6.45) is -74.3. The lowest BCUT2D eigenvalue weighted by Crippen LogP contribution is -2.63. The van der Waals surface area contributed by atoms with E-state index >= 15 is 0 Å². The van der Waals surface area contributed by atoms with Crippen molar-refractivity contribution < 1.29 is 204 Å². The lowest BCUT2D eigenvalue weighted by molar-refractivity contribution is -0.353. The van der Waals surface area contributed by atoms with Crippen LogP contribution in [0.3, 0.4) is 0 Å². The number of ether oxygens (including phenoxy) is 14. The van der Waals surface area contributed by atoms with Crippen LogP contribution in [-0.4, -0.2) is 437 Å². The van der Waals surface area contributed by atoms with E-state index in [4.69, 9.17) is 71.4 Å². The molecule has 89 heavy (non-hydrogen) atoms. The maximum absolute atomic E-state index is 10.9. The fourth-order valence-electron chi connectivity index (χ4n) is 10.4. The summed E-state index contributed by atoms with van der Waals surface area (Å²) >= 11 is 0. The lowest BCUT2D eigenvalue weighted by atomic mass is 9.97. The van der Waals surface area contributed by atoms with E-state index in [0.29, 0.717) is 0 Å². The maximum atomic E-state index is 10.9. The van der Waals surface area contributed by atoms with E-state index < -0.39 is 299 Å². The molecular formula is C48H84O41. The van der Waals surface area contributed by atoms with Gasteiger partial charge in [0, 0.05) is 0 Å². The van der Waals surface area contributed by atoms with E-state index in [-0.39, 0.29) is 0 Å². The van der Waals surface area contributed by atoms with Crippen molar-refractivity contribution in [2.45, 2.75) is 239 Å². The third-order valence-corrected chi connectivity index (χ3v) is 16.2. The Kier molecular flexibility index (Phi) is 27.6. The molecule has 7 fully saturated rings. The Morgan fingerprint density at radius 2 is 0.404 bits per heavy atom. The average molecular weight is 1320 g/mol. The van der Waals surface area contributed by atoms with Crippen molar-refractivity contribution in [2.75, 3.05) is 59.5 Å². The van der Waals surface area contributed by atoms with Gasteiger partial charge in [-0.3, -0.25) is 0 Å². The Morgan fingerprint density at radius 1 is 0.225 bits per heavy atom. The minimum atomic E-state index is -2.09. The quantitative estimate of drug-likeness (QED) is 0.0382. The largest absolute Gasteiger partial charge is 0.394 e. The molecule has 0 aliphatic carbocycles. The van der Waals surface area contributed by atoms with Crippen LogP contribution >= 0.6 is 0 Å². The fourth-order valence-corrected chi connectivity index (χ4v) is 10.4. The van der Waals surface area contributed by atoms with Crippen LogP contribution in [0.15, 0.2) is 0 Å². The van der Waals surface area contributed by atoms with Gasteiger partial charge in [-0.05, 0) is 0 Å². The summed E-state index contributed by atoms with van der Waals surface area (Å²) in [4.78, 5) is 0. The molecule has 7 rings (SSSR count). The van der Waals surface area contributed by atoms with Gasteiger partial charge in [-0.1, -0.05) is 0 Å². The number of aliphatic hydroxyl groups is 27. The molecule has 7 aliphatic heterocycles. The number of hydrogen-bond acceptors (Lipinski definition) is 41. The minimum Gasteiger partial charge on any atom is -0.394 e. The highest BCUT2D eigenvalue weighted by molar-refractivity contribution is 4.97. The van der Waals surface area contributed by atoms with Crippen LogP contribution in [0.1, 0.15) is 0 Å². The standard InChI is InChI=1S/C48H84O41/c49-1-10(51)19(53)20(54)11(52)3-76-42-36(70)29(63)22(56)13(84-42)5-78-44-38(72)31(65)24(58)15(86-44)7-80-46-40(74)33(67)26(60)17(88-46)9-82-48-41(75)34(68)27(61)18(89-48)8-81-47-39(73)32(66)25(59)16(87-47)6-79-45-37(71)30(64)23(57)14(85-45)4-77-43-35(69)28(62)21(55)12(2-50)83-43/h10-75H,1-9H2/t10-,11+,12+,13+,14+,15+,16+,17+,18+,19+,20+,21+,22+,23+,24+,25+,26+,27+,28-,29-,30-,31-,32-,33-,34-,35+,36+,37+,38+,39+,40+,41+,42-,43-,44-,45-,46-,47-,48-/m0/s1. The molecule has 0 unspecified atom stereocenters. The van der Waals surface area contributed by atoms with Gasteiger partial charge in [0.25, 0.3) is 0 Å². The Labute approximate surface area is 502 Å². The highest BCUT2D eigenvalue weighted by Crippen LogP contribution is 2.33. The predicted octanol–water partition coefficient (Wildman–Crippen LogP) is -18.8. The van der Waals surface area contributed by atoms with Crippen molar-refractivity contribution in [3.8, 4) is 0 Å². The van der Waals surface area contributed by atoms with Crippen molar-refractivity contribution in [1.82, 2.24) is 0 Å². The van der Waals surface area contributed by atoms with Gasteiger partial charge in [0.2, 0.25) is 0 Å². The van der Waals surface area contributed by atoms with Crippen LogP contribution in [0.2, 0.25) is 0 Å². The molecule has 0 radical (unpaired) electrons. The molecule has 0 amide bonds. The van der Waals surface area contributed by atoms with E-state index in [0.717, 1.165) is 0 Å². The van der Waals surface area contributed by atoms with Gasteiger partial charge in [0.15, 0.2) is 44.0 Å². The van der Waals surface area contributed by atoms with Gasteiger partial charge in [0.1, 0.15) is 195 Å². The predicted molar refractivity (Wildman–Crippen MR) is 267 cm³/mol. The highest BCUT2D eigenvalue weighted by atomic mass is 16.8. The SMILES string of the molecule is OC[C@H](O)[C@@H](O)[C@H](O)[C@H](O)CO[C@H]1O[C@H](CO[C@H]2O[C@H](CO[C@H]3O[C@H](CO[C@H]4O[C@H](CO[C@H]5O[C@H](CO[C@H]6O[C@H](CO[C@H]7O[C@H](CO)[C@@H](O)[C@H](O)[C@H]7O)[C@@H](O)[C@H](O)[C@H]6O)[C@@H](O)[C@H](O)[C@H]5O)[C@@H](O)[C@H](O)[C@H]4O)[C@@H](O)[C@H](O)[C@H]3O)[C@@H](O)[C@H](O)[C@H]2O)[C@@H](O)[C@H](O)[C@H]1O. The van der Waals surface area contributed by atoms with Crippen molar-refractivity contribution in [2.24, 2.45) is 0 Å². The van der Waals surface area contributed by atoms with Gasteiger partial charge in [-0.2, -0.15) is 0 Å². The minimum absolute atomic E-state index is 0.728. The second kappa shape index (κ2) is 32.9. The molecule has 7 aliphatic rings. The van der Waals surface area contributed by atoms with Crippen LogP contribution in [0, 0.1) is 0 Å². The Balaban J connectivity index is 0.892. The molecular weight excluding hydrogens is 1230 g/mol. The summed E-state index contributed by atoms with van der Waals surface area (Å²) in [5.41, 5.74) is 0. The molecule has 27 N–H and O–H groups in total. The van der Waals surface area contributed by atoms with Crippen LogP contribution in [0.5, 0.6) is 0 Å². The molecule has 7 saturated heterocycles. The van der Waals surface area contributed by atoms with E-state index in [1.54, 1.807) is 0 Å². The molecule has 0 aromatic carbocycles. The molecule has 0 bridgehead atoms. The monoisotopic (exact) mass is 1320 g/mol. The zero-order valence-electron chi connectivity index (χ0n) is 46.7. The van der Waals surface area contributed by atoms with Gasteiger partial charge >= 0.3 is 0 Å². The molecule has 0 aromatic rings. The van der Waals surface area contributed by atoms with Crippen molar-refractivity contribution in [3.63, 3.8) is 0 Å². The summed E-state index contributed by atoms with van der Waals surface area (Å²) in [5, 5.41) is 282. The fraction of sp³-hybridized carbons (Fsp3) is 1.00. The molecule has 41 nitrogen and oxygen atoms in total. The average Bonchev–Trinajstić information content (AvgIpc) is 2.20. The molecule has 0 aromatic heterocycles. The Hall–Kier alpha value is -1.64. The number of aliphatic hydroxyl groups excluding tert-OH is 27. The van der Waals surface area contributed by atoms with E-state index in [2.05, 4.69) is 0 Å². The molecule has 522 valence electrons. The molecule has 0 saturated carbocycles. The summed E-state index contributed by atoms with van der Waals surface area (Å²) < 4.78 is 77.0. The summed E-state index contributed by atoms with van der Waals surface area (Å²) in [6, 6.07) is 0. The highest BCUT2D eigenvalue weighted by Gasteiger charge is 2.54. The third-order valence-electron chi connectivity index (χ3n) is 16.2. The van der Waals surface area contributed by atoms with Gasteiger partial charge < -0.3 is 204 Å². The van der Waals surface area contributed by atoms with Crippen molar-refractivity contribution >= 4 is 0 Å². The summed E-state index contributed by atoms with van der Waals surface area (Å²) in [6.45, 7) is -7.71. The molecule has 41 heteroatoms. The first-order chi connectivity index (χ1) is 41.9. The van der Waals surface area contributed by atoms with Gasteiger partial charge in [-0.15, -0.1) is 0 Å². The number of hydrogen-bond donors (Lipinski definition) is 27. The van der Waals surface area contributed by atoms with E-state index in [1.165, 1.54) is 0 Å². The third kappa shape index (κ3) is 17.1. The maximum Gasteiger partial charge on any atom is 0.186 e. The van der Waals surface area contributed by atoms with Crippen LogP contribution < -0.4 is 0 Å². The Morgan fingerprint density at radius 3 is 0.607 bits per heavy atom. The normalized spacial score (nSPS) is 49.9. The zero-order chi connectivity index (χ0) is 65.8. The molecule has 39 atom stereocenters. The first kappa shape index (κ1) is 74.8. The lowest BCUT2D eigenvalue weighted by Gasteiger charge is -2.45.